The van der Waals surface area contributed by atoms with Crippen LogP contribution < -0.4 is 10.5 Å². The van der Waals surface area contributed by atoms with Gasteiger partial charge in [0.05, 0.1) is 22.4 Å². The molecule has 4 heterocycles. The molecule has 2 saturated heterocycles. The van der Waals surface area contributed by atoms with Crippen LogP contribution in [0.5, 0.6) is 0 Å². The summed E-state index contributed by atoms with van der Waals surface area (Å²) in [6.07, 6.45) is 0. The maximum Gasteiger partial charge on any atom is 0.281 e. The van der Waals surface area contributed by atoms with Crippen molar-refractivity contribution in [3.05, 3.63) is 57.9 Å². The van der Waals surface area contributed by atoms with Gasteiger partial charge < -0.3 is 14.5 Å². The Morgan fingerprint density at radius 1 is 1.09 bits per heavy atom. The number of hydrogen-bond donors (Lipinski definition) is 1. The molecule has 2 aliphatic heterocycles. The molecule has 182 valence electrons. The number of aromatic nitrogens is 4. The number of aryl methyl sites for hydroxylation is 2. The highest BCUT2D eigenvalue weighted by Crippen LogP contribution is 2.32. The van der Waals surface area contributed by atoms with E-state index in [-0.39, 0.29) is 21.2 Å². The van der Waals surface area contributed by atoms with Crippen molar-refractivity contribution in [2.45, 2.75) is 29.4 Å². The van der Waals surface area contributed by atoms with Gasteiger partial charge in [-0.2, -0.15) is 4.98 Å². The average molecular weight is 495 g/mol. The lowest BCUT2D eigenvalue weighted by atomic mass is 9.92. The molecule has 0 aliphatic carbocycles. The maximum atomic E-state index is 13.5. The molecule has 0 saturated carbocycles. The first-order valence-electron chi connectivity index (χ1n) is 11.5. The van der Waals surface area contributed by atoms with Crippen molar-refractivity contribution in [2.75, 3.05) is 44.7 Å². The standard InChI is InChI=1S/C24H26N6O4S/c1-15-4-7-20(16(2)10-15)35(32,33)23-21-25-22(31)18-6-5-17(11-19(18)30(21)27-26-23)29-8-9-34-24(14-29)12-28(3)13-24/h4-7,10-11,27H,8-9,12-14H2,1-3H3. The molecular formula is C24H26N6O4S. The minimum atomic E-state index is -4.00. The predicted octanol–water partition coefficient (Wildman–Crippen LogP) is 1.54. The summed E-state index contributed by atoms with van der Waals surface area (Å²) in [7, 11) is -1.93. The molecule has 0 radical (unpaired) electrons. The van der Waals surface area contributed by atoms with Gasteiger partial charge in [0.25, 0.3) is 5.56 Å². The number of hydrogen-bond acceptors (Lipinski definition) is 8. The number of fused-ring (bicyclic) bond motifs is 3. The van der Waals surface area contributed by atoms with Gasteiger partial charge in [0.2, 0.25) is 14.9 Å². The molecule has 11 heteroatoms. The molecule has 35 heavy (non-hydrogen) atoms. The number of morpholine rings is 1. The molecule has 2 aromatic carbocycles. The molecule has 2 fully saturated rings. The Morgan fingerprint density at radius 3 is 2.63 bits per heavy atom. The summed E-state index contributed by atoms with van der Waals surface area (Å²) >= 11 is 0. The van der Waals surface area contributed by atoms with Crippen LogP contribution in [0.15, 0.2) is 51.1 Å². The number of nitrogens with one attached hydrogen (secondary N) is 1. The molecule has 10 nitrogen and oxygen atoms in total. The second kappa shape index (κ2) is 7.61. The van der Waals surface area contributed by atoms with Crippen molar-refractivity contribution < 1.29 is 13.2 Å². The fourth-order valence-electron chi connectivity index (χ4n) is 5.37. The van der Waals surface area contributed by atoms with Crippen molar-refractivity contribution in [3.8, 4) is 0 Å². The SMILES string of the molecule is Cc1ccc(S(=O)(=O)c2n[nH]n3c2nc(=O)c2ccc(N4CCOC5(CN(C)C5)C4)cc23)c(C)c1. The third-order valence-electron chi connectivity index (χ3n) is 6.92. The van der Waals surface area contributed by atoms with Gasteiger partial charge in [-0.05, 0) is 50.7 Å². The Balaban J connectivity index is 1.47. The summed E-state index contributed by atoms with van der Waals surface area (Å²) in [5, 5.41) is 7.00. The lowest BCUT2D eigenvalue weighted by Crippen LogP contribution is -2.69. The molecule has 0 amide bonds. The first-order chi connectivity index (χ1) is 16.7. The molecule has 1 spiro atoms. The lowest BCUT2D eigenvalue weighted by Gasteiger charge is -2.53. The van der Waals surface area contributed by atoms with Crippen LogP contribution in [-0.4, -0.2) is 78.6 Å². The van der Waals surface area contributed by atoms with E-state index in [0.717, 1.165) is 37.4 Å². The average Bonchev–Trinajstić information content (AvgIpc) is 3.23. The highest BCUT2D eigenvalue weighted by atomic mass is 32.2. The van der Waals surface area contributed by atoms with E-state index in [1.165, 1.54) is 4.52 Å². The van der Waals surface area contributed by atoms with E-state index in [4.69, 9.17) is 4.74 Å². The lowest BCUT2D eigenvalue weighted by molar-refractivity contribution is -0.140. The number of rotatable bonds is 3. The number of benzene rings is 2. The number of nitrogens with zero attached hydrogens (tertiary/aromatic N) is 5. The number of H-pyrrole nitrogens is 1. The minimum Gasteiger partial charge on any atom is -0.369 e. The zero-order valence-electron chi connectivity index (χ0n) is 19.8. The zero-order chi connectivity index (χ0) is 24.5. The second-order valence-corrected chi connectivity index (χ2v) is 11.5. The van der Waals surface area contributed by atoms with Gasteiger partial charge in [-0.15, -0.1) is 5.10 Å². The van der Waals surface area contributed by atoms with Crippen LogP contribution in [0.25, 0.3) is 16.6 Å². The normalized spacial score (nSPS) is 18.4. The van der Waals surface area contributed by atoms with Crippen LogP contribution in [0, 0.1) is 13.8 Å². The number of ether oxygens (including phenoxy) is 1. The Labute approximate surface area is 202 Å². The van der Waals surface area contributed by atoms with Crippen LogP contribution in [0.2, 0.25) is 0 Å². The van der Waals surface area contributed by atoms with E-state index in [2.05, 4.69) is 32.1 Å². The number of aromatic amines is 1. The van der Waals surface area contributed by atoms with Crippen molar-refractivity contribution >= 4 is 32.1 Å². The highest BCUT2D eigenvalue weighted by molar-refractivity contribution is 7.91. The quantitative estimate of drug-likeness (QED) is 0.456. The monoisotopic (exact) mass is 494 g/mol. The smallest absolute Gasteiger partial charge is 0.281 e. The van der Waals surface area contributed by atoms with Crippen LogP contribution in [-0.2, 0) is 14.6 Å². The molecule has 1 N–H and O–H groups in total. The van der Waals surface area contributed by atoms with E-state index in [1.807, 2.05) is 19.1 Å². The van der Waals surface area contributed by atoms with Gasteiger partial charge in [0.1, 0.15) is 5.60 Å². The zero-order valence-corrected chi connectivity index (χ0v) is 20.6. The van der Waals surface area contributed by atoms with E-state index in [9.17, 15) is 13.2 Å². The van der Waals surface area contributed by atoms with Gasteiger partial charge in [-0.1, -0.05) is 17.7 Å². The molecule has 0 unspecified atom stereocenters. The van der Waals surface area contributed by atoms with Gasteiger partial charge in [0.15, 0.2) is 5.65 Å². The van der Waals surface area contributed by atoms with Crippen LogP contribution in [0.1, 0.15) is 11.1 Å². The van der Waals surface area contributed by atoms with Crippen LogP contribution in [0.4, 0.5) is 5.69 Å². The summed E-state index contributed by atoms with van der Waals surface area (Å²) in [5.41, 5.74) is 2.34. The molecule has 4 aromatic rings. The summed E-state index contributed by atoms with van der Waals surface area (Å²) in [5.74, 6) is 0. The molecule has 6 rings (SSSR count). The maximum absolute atomic E-state index is 13.5. The molecule has 0 atom stereocenters. The van der Waals surface area contributed by atoms with Crippen LogP contribution in [0.3, 0.4) is 0 Å². The van der Waals surface area contributed by atoms with E-state index >= 15 is 0 Å². The number of anilines is 1. The van der Waals surface area contributed by atoms with Gasteiger partial charge in [0, 0.05) is 31.9 Å². The first-order valence-corrected chi connectivity index (χ1v) is 13.0. The molecule has 2 aliphatic rings. The Hall–Kier alpha value is -3.28. The predicted molar refractivity (Wildman–Crippen MR) is 131 cm³/mol. The van der Waals surface area contributed by atoms with Gasteiger partial charge in [-0.3, -0.25) is 4.79 Å². The third-order valence-corrected chi connectivity index (χ3v) is 8.74. The van der Waals surface area contributed by atoms with E-state index < -0.39 is 15.4 Å². The van der Waals surface area contributed by atoms with Crippen molar-refractivity contribution in [1.29, 1.82) is 0 Å². The summed E-state index contributed by atoms with van der Waals surface area (Å²) in [4.78, 5) is 21.6. The number of sulfone groups is 1. The number of likely N-dealkylation sites (tertiary alicyclic amines) is 1. The minimum absolute atomic E-state index is 0.0151. The van der Waals surface area contributed by atoms with Crippen molar-refractivity contribution in [1.82, 2.24) is 24.7 Å². The van der Waals surface area contributed by atoms with E-state index in [0.29, 0.717) is 23.1 Å². The molecular weight excluding hydrogens is 468 g/mol. The highest BCUT2D eigenvalue weighted by Gasteiger charge is 2.45. The topological polar surface area (TPSA) is 113 Å². The largest absolute Gasteiger partial charge is 0.369 e. The summed E-state index contributed by atoms with van der Waals surface area (Å²) in [6, 6.07) is 10.6. The summed E-state index contributed by atoms with van der Waals surface area (Å²) < 4.78 is 34.5. The second-order valence-electron chi connectivity index (χ2n) is 9.69. The van der Waals surface area contributed by atoms with Crippen molar-refractivity contribution in [2.24, 2.45) is 0 Å². The Bertz CT molecular complexity index is 1650. The number of likely N-dealkylation sites (N-methyl/N-ethyl adjacent to an activating group) is 1. The molecule has 0 bridgehead atoms. The van der Waals surface area contributed by atoms with Crippen molar-refractivity contribution in [3.63, 3.8) is 0 Å². The van der Waals surface area contributed by atoms with Gasteiger partial charge >= 0.3 is 0 Å². The first kappa shape index (κ1) is 22.2. The summed E-state index contributed by atoms with van der Waals surface area (Å²) in [6.45, 7) is 7.51. The Kier molecular flexibility index (Phi) is 4.83. The molecule has 2 aromatic heterocycles. The Morgan fingerprint density at radius 2 is 1.89 bits per heavy atom. The fourth-order valence-corrected chi connectivity index (χ4v) is 6.85. The fraction of sp³-hybridized carbons (Fsp3) is 0.375. The van der Waals surface area contributed by atoms with Gasteiger partial charge in [-0.25, -0.2) is 18.1 Å². The van der Waals surface area contributed by atoms with Crippen LogP contribution >= 0.6 is 0 Å². The van der Waals surface area contributed by atoms with E-state index in [1.54, 1.807) is 31.2 Å². The third kappa shape index (κ3) is 3.45.